The van der Waals surface area contributed by atoms with Crippen LogP contribution in [0.2, 0.25) is 0 Å². The second-order valence-corrected chi connectivity index (χ2v) is 3.23. The van der Waals surface area contributed by atoms with Crippen molar-refractivity contribution in [2.24, 2.45) is 0 Å². The highest BCUT2D eigenvalue weighted by atomic mass is 16.5. The third-order valence-corrected chi connectivity index (χ3v) is 1.93. The average molecular weight is 173 g/mol. The van der Waals surface area contributed by atoms with E-state index in [1.807, 2.05) is 6.92 Å². The maximum absolute atomic E-state index is 10.3. The molecule has 1 fully saturated rings. The molecule has 2 atom stereocenters. The predicted octanol–water partition coefficient (Wildman–Crippen LogP) is 0.228. The summed E-state index contributed by atoms with van der Waals surface area (Å²) in [5, 5.41) is 11.7. The predicted molar refractivity (Wildman–Crippen MR) is 44.1 cm³/mol. The topological polar surface area (TPSA) is 58.6 Å². The SMILES string of the molecule is CC(CC(=O)O)NC1CCOC1. The maximum atomic E-state index is 10.3. The van der Waals surface area contributed by atoms with Gasteiger partial charge in [-0.1, -0.05) is 0 Å². The van der Waals surface area contributed by atoms with Gasteiger partial charge in [0.25, 0.3) is 0 Å². The van der Waals surface area contributed by atoms with Crippen molar-refractivity contribution in [2.45, 2.75) is 31.8 Å². The molecule has 70 valence electrons. The third-order valence-electron chi connectivity index (χ3n) is 1.93. The molecule has 0 aromatic rings. The van der Waals surface area contributed by atoms with E-state index in [9.17, 15) is 4.79 Å². The lowest BCUT2D eigenvalue weighted by atomic mass is 10.2. The van der Waals surface area contributed by atoms with Crippen molar-refractivity contribution in [3.05, 3.63) is 0 Å². The van der Waals surface area contributed by atoms with Crippen LogP contribution >= 0.6 is 0 Å². The van der Waals surface area contributed by atoms with E-state index in [4.69, 9.17) is 9.84 Å². The van der Waals surface area contributed by atoms with E-state index in [0.29, 0.717) is 12.6 Å². The van der Waals surface area contributed by atoms with Crippen LogP contribution in [0.3, 0.4) is 0 Å². The Kier molecular flexibility index (Phi) is 3.49. The number of aliphatic carboxylic acids is 1. The smallest absolute Gasteiger partial charge is 0.304 e. The van der Waals surface area contributed by atoms with E-state index in [1.165, 1.54) is 0 Å². The molecule has 1 aliphatic rings. The number of carbonyl (C=O) groups is 1. The molecule has 4 nitrogen and oxygen atoms in total. The van der Waals surface area contributed by atoms with Crippen LogP contribution in [0.1, 0.15) is 19.8 Å². The first kappa shape index (κ1) is 9.48. The minimum atomic E-state index is -0.756. The Morgan fingerprint density at radius 2 is 2.58 bits per heavy atom. The number of nitrogens with one attached hydrogen (secondary N) is 1. The van der Waals surface area contributed by atoms with E-state index in [-0.39, 0.29) is 12.5 Å². The number of carboxylic acid groups (broad SMARTS) is 1. The number of hydrogen-bond acceptors (Lipinski definition) is 3. The van der Waals surface area contributed by atoms with Crippen molar-refractivity contribution in [3.8, 4) is 0 Å². The molecule has 1 aliphatic heterocycles. The van der Waals surface area contributed by atoms with Crippen molar-refractivity contribution in [1.29, 1.82) is 0 Å². The first-order valence-electron chi connectivity index (χ1n) is 4.24. The summed E-state index contributed by atoms with van der Waals surface area (Å²) >= 11 is 0. The highest BCUT2D eigenvalue weighted by Crippen LogP contribution is 2.05. The van der Waals surface area contributed by atoms with E-state index in [1.54, 1.807) is 0 Å². The van der Waals surface area contributed by atoms with Crippen LogP contribution in [0.5, 0.6) is 0 Å². The molecule has 0 aliphatic carbocycles. The molecule has 4 heteroatoms. The molecule has 2 N–H and O–H groups in total. The minimum Gasteiger partial charge on any atom is -0.481 e. The fourth-order valence-corrected chi connectivity index (χ4v) is 1.39. The van der Waals surface area contributed by atoms with E-state index < -0.39 is 5.97 Å². The summed E-state index contributed by atoms with van der Waals surface area (Å²) in [5.74, 6) is -0.756. The molecule has 1 heterocycles. The van der Waals surface area contributed by atoms with Gasteiger partial charge < -0.3 is 15.2 Å². The van der Waals surface area contributed by atoms with Crippen molar-refractivity contribution in [1.82, 2.24) is 5.32 Å². The molecule has 0 amide bonds. The lowest BCUT2D eigenvalue weighted by Gasteiger charge is -2.15. The molecule has 0 bridgehead atoms. The molecule has 0 radical (unpaired) electrons. The third kappa shape index (κ3) is 3.19. The van der Waals surface area contributed by atoms with E-state index in [2.05, 4.69) is 5.32 Å². The second-order valence-electron chi connectivity index (χ2n) is 3.23. The fraction of sp³-hybridized carbons (Fsp3) is 0.875. The van der Waals surface area contributed by atoms with Gasteiger partial charge in [-0.15, -0.1) is 0 Å². The Morgan fingerprint density at radius 3 is 3.08 bits per heavy atom. The van der Waals surface area contributed by atoms with Gasteiger partial charge in [-0.3, -0.25) is 4.79 Å². The molecule has 0 aromatic carbocycles. The molecule has 0 aromatic heterocycles. The standard InChI is InChI=1S/C8H15NO3/c1-6(4-8(10)11)9-7-2-3-12-5-7/h6-7,9H,2-5H2,1H3,(H,10,11). The van der Waals surface area contributed by atoms with Crippen LogP contribution in [0, 0.1) is 0 Å². The van der Waals surface area contributed by atoms with Gasteiger partial charge in [-0.25, -0.2) is 0 Å². The Morgan fingerprint density at radius 1 is 1.83 bits per heavy atom. The summed E-state index contributed by atoms with van der Waals surface area (Å²) in [6.45, 7) is 3.38. The Hall–Kier alpha value is -0.610. The summed E-state index contributed by atoms with van der Waals surface area (Å²) in [6, 6.07) is 0.383. The largest absolute Gasteiger partial charge is 0.481 e. The number of ether oxygens (including phenoxy) is 1. The first-order valence-corrected chi connectivity index (χ1v) is 4.24. The van der Waals surface area contributed by atoms with E-state index >= 15 is 0 Å². The van der Waals surface area contributed by atoms with Crippen LogP contribution in [0.15, 0.2) is 0 Å². The number of rotatable bonds is 4. The lowest BCUT2D eigenvalue weighted by molar-refractivity contribution is -0.137. The van der Waals surface area contributed by atoms with Crippen molar-refractivity contribution in [2.75, 3.05) is 13.2 Å². The second kappa shape index (κ2) is 4.42. The van der Waals surface area contributed by atoms with Gasteiger partial charge >= 0.3 is 5.97 Å². The zero-order chi connectivity index (χ0) is 8.97. The molecule has 1 rings (SSSR count). The molecule has 12 heavy (non-hydrogen) atoms. The summed E-state index contributed by atoms with van der Waals surface area (Å²) in [5.41, 5.74) is 0. The van der Waals surface area contributed by atoms with Gasteiger partial charge in [0, 0.05) is 18.7 Å². The highest BCUT2D eigenvalue weighted by Gasteiger charge is 2.18. The highest BCUT2D eigenvalue weighted by molar-refractivity contribution is 5.67. The Balaban J connectivity index is 2.16. The Labute approximate surface area is 71.9 Å². The summed E-state index contributed by atoms with van der Waals surface area (Å²) in [6.07, 6.45) is 1.17. The van der Waals surface area contributed by atoms with Gasteiger partial charge in [-0.05, 0) is 13.3 Å². The molecule has 0 saturated carbocycles. The molecular formula is C8H15NO3. The van der Waals surface area contributed by atoms with Crippen LogP contribution in [0.25, 0.3) is 0 Å². The van der Waals surface area contributed by atoms with Crippen molar-refractivity contribution in [3.63, 3.8) is 0 Å². The van der Waals surface area contributed by atoms with Gasteiger partial charge in [0.1, 0.15) is 0 Å². The molecule has 2 unspecified atom stereocenters. The monoisotopic (exact) mass is 173 g/mol. The van der Waals surface area contributed by atoms with Crippen LogP contribution in [-0.2, 0) is 9.53 Å². The van der Waals surface area contributed by atoms with Crippen LogP contribution in [0.4, 0.5) is 0 Å². The molecule has 0 spiro atoms. The first-order chi connectivity index (χ1) is 5.68. The molecule has 1 saturated heterocycles. The van der Waals surface area contributed by atoms with E-state index in [0.717, 1.165) is 13.0 Å². The minimum absolute atomic E-state index is 0.0363. The summed E-state index contributed by atoms with van der Waals surface area (Å²) in [4.78, 5) is 10.3. The normalized spacial score (nSPS) is 25.6. The Bertz CT molecular complexity index is 154. The van der Waals surface area contributed by atoms with Crippen LogP contribution < -0.4 is 5.32 Å². The van der Waals surface area contributed by atoms with Crippen LogP contribution in [-0.4, -0.2) is 36.4 Å². The average Bonchev–Trinajstić information content (AvgIpc) is 2.37. The quantitative estimate of drug-likeness (QED) is 0.639. The zero-order valence-corrected chi connectivity index (χ0v) is 7.25. The summed E-state index contributed by atoms with van der Waals surface area (Å²) in [7, 11) is 0. The fourth-order valence-electron chi connectivity index (χ4n) is 1.39. The van der Waals surface area contributed by atoms with Gasteiger partial charge in [0.15, 0.2) is 0 Å². The molecular weight excluding hydrogens is 158 g/mol. The van der Waals surface area contributed by atoms with Crippen molar-refractivity contribution < 1.29 is 14.6 Å². The number of hydrogen-bond donors (Lipinski definition) is 2. The van der Waals surface area contributed by atoms with Crippen molar-refractivity contribution >= 4 is 5.97 Å². The maximum Gasteiger partial charge on any atom is 0.304 e. The number of carboxylic acids is 1. The zero-order valence-electron chi connectivity index (χ0n) is 7.25. The van der Waals surface area contributed by atoms with Gasteiger partial charge in [-0.2, -0.15) is 0 Å². The van der Waals surface area contributed by atoms with Gasteiger partial charge in [0.2, 0.25) is 0 Å². The summed E-state index contributed by atoms with van der Waals surface area (Å²) < 4.78 is 5.15. The van der Waals surface area contributed by atoms with Gasteiger partial charge in [0.05, 0.1) is 13.0 Å². The lowest BCUT2D eigenvalue weighted by Crippen LogP contribution is -2.37.